The minimum absolute atomic E-state index is 0.102. The zero-order valence-electron chi connectivity index (χ0n) is 14.2. The van der Waals surface area contributed by atoms with Crippen LogP contribution < -0.4 is 0 Å². The highest BCUT2D eigenvalue weighted by Gasteiger charge is 2.42. The van der Waals surface area contributed by atoms with Crippen molar-refractivity contribution in [2.24, 2.45) is 16.7 Å². The van der Waals surface area contributed by atoms with Crippen LogP contribution in [-0.4, -0.2) is 29.2 Å². The van der Waals surface area contributed by atoms with Crippen molar-refractivity contribution in [1.29, 1.82) is 0 Å². The predicted octanol–water partition coefficient (Wildman–Crippen LogP) is 3.66. The maximum absolute atomic E-state index is 13.0. The number of nitrogens with zero attached hydrogens (tertiary/aromatic N) is 1. The largest absolute Gasteiger partial charge is 0.339 e. The van der Waals surface area contributed by atoms with Crippen LogP contribution in [0.25, 0.3) is 0 Å². The molecule has 0 aromatic carbocycles. The molecule has 0 spiro atoms. The van der Waals surface area contributed by atoms with Crippen LogP contribution in [0.4, 0.5) is 0 Å². The molecule has 0 bridgehead atoms. The van der Waals surface area contributed by atoms with Crippen molar-refractivity contribution >= 4 is 11.7 Å². The molecule has 1 amide bonds. The number of rotatable bonds is 3. The number of hydrogen-bond donors (Lipinski definition) is 0. The van der Waals surface area contributed by atoms with Crippen molar-refractivity contribution < 1.29 is 9.59 Å². The third-order valence-electron chi connectivity index (χ3n) is 4.37. The molecule has 1 saturated heterocycles. The summed E-state index contributed by atoms with van der Waals surface area (Å²) in [6.45, 7) is 15.2. The lowest BCUT2D eigenvalue weighted by Gasteiger charge is -2.39. The van der Waals surface area contributed by atoms with Crippen molar-refractivity contribution in [2.45, 2.75) is 73.8 Å². The van der Waals surface area contributed by atoms with E-state index >= 15 is 0 Å². The molecule has 2 unspecified atom stereocenters. The van der Waals surface area contributed by atoms with Gasteiger partial charge >= 0.3 is 0 Å². The summed E-state index contributed by atoms with van der Waals surface area (Å²) in [6, 6.07) is 0.298. The van der Waals surface area contributed by atoms with E-state index in [-0.39, 0.29) is 28.4 Å². The average molecular weight is 281 g/mol. The summed E-state index contributed by atoms with van der Waals surface area (Å²) in [4.78, 5) is 26.5. The first-order valence-electron chi connectivity index (χ1n) is 7.74. The van der Waals surface area contributed by atoms with E-state index < -0.39 is 0 Å². The van der Waals surface area contributed by atoms with Crippen LogP contribution in [0.5, 0.6) is 0 Å². The average Bonchev–Trinajstić information content (AvgIpc) is 2.71. The van der Waals surface area contributed by atoms with E-state index in [4.69, 9.17) is 0 Å². The fourth-order valence-corrected chi connectivity index (χ4v) is 3.18. The van der Waals surface area contributed by atoms with Gasteiger partial charge in [0, 0.05) is 24.9 Å². The molecule has 3 nitrogen and oxygen atoms in total. The van der Waals surface area contributed by atoms with Crippen molar-refractivity contribution in [1.82, 2.24) is 4.90 Å². The van der Waals surface area contributed by atoms with Crippen LogP contribution in [0.1, 0.15) is 67.7 Å². The second-order valence-electron chi connectivity index (χ2n) is 8.38. The Morgan fingerprint density at radius 2 is 1.70 bits per heavy atom. The topological polar surface area (TPSA) is 37.4 Å². The molecule has 1 fully saturated rings. The lowest BCUT2D eigenvalue weighted by atomic mass is 9.76. The van der Waals surface area contributed by atoms with Gasteiger partial charge in [0.1, 0.15) is 5.78 Å². The van der Waals surface area contributed by atoms with Gasteiger partial charge in [-0.2, -0.15) is 0 Å². The van der Waals surface area contributed by atoms with E-state index in [1.54, 1.807) is 6.92 Å². The van der Waals surface area contributed by atoms with Gasteiger partial charge in [-0.3, -0.25) is 4.79 Å². The Labute approximate surface area is 124 Å². The predicted molar refractivity (Wildman–Crippen MR) is 82.4 cm³/mol. The van der Waals surface area contributed by atoms with Gasteiger partial charge in [-0.15, -0.1) is 0 Å². The van der Waals surface area contributed by atoms with E-state index in [1.807, 2.05) is 4.90 Å². The molecular weight excluding hydrogens is 250 g/mol. The van der Waals surface area contributed by atoms with Gasteiger partial charge in [0.15, 0.2) is 0 Å². The molecule has 0 saturated carbocycles. The van der Waals surface area contributed by atoms with Crippen LogP contribution in [0.2, 0.25) is 0 Å². The number of ketones is 1. The molecule has 1 heterocycles. The van der Waals surface area contributed by atoms with Gasteiger partial charge in [-0.05, 0) is 30.6 Å². The highest BCUT2D eigenvalue weighted by Crippen LogP contribution is 2.37. The van der Waals surface area contributed by atoms with E-state index in [2.05, 4.69) is 41.5 Å². The van der Waals surface area contributed by atoms with Crippen LogP contribution in [-0.2, 0) is 9.59 Å². The van der Waals surface area contributed by atoms with Crippen molar-refractivity contribution in [3.8, 4) is 0 Å². The number of carbonyl (C=O) groups excluding carboxylic acids is 2. The Balaban J connectivity index is 2.97. The Hall–Kier alpha value is -0.860. The van der Waals surface area contributed by atoms with Crippen LogP contribution in [0.3, 0.4) is 0 Å². The fourth-order valence-electron chi connectivity index (χ4n) is 3.18. The van der Waals surface area contributed by atoms with Gasteiger partial charge in [-0.25, -0.2) is 0 Å². The minimum Gasteiger partial charge on any atom is -0.339 e. The number of Topliss-reactive ketones (excluding diaryl/α,β-unsaturated/α-hetero) is 1. The summed E-state index contributed by atoms with van der Waals surface area (Å²) < 4.78 is 0. The third kappa shape index (κ3) is 4.07. The summed E-state index contributed by atoms with van der Waals surface area (Å²) in [7, 11) is 0. The van der Waals surface area contributed by atoms with E-state index in [0.717, 1.165) is 19.4 Å². The zero-order chi connectivity index (χ0) is 15.7. The highest BCUT2D eigenvalue weighted by molar-refractivity contribution is 5.86. The highest BCUT2D eigenvalue weighted by atomic mass is 16.2. The van der Waals surface area contributed by atoms with Crippen molar-refractivity contribution in [3.63, 3.8) is 0 Å². The Morgan fingerprint density at radius 1 is 1.15 bits per heavy atom. The number of likely N-dealkylation sites (tertiary alicyclic amines) is 1. The van der Waals surface area contributed by atoms with Gasteiger partial charge in [-0.1, -0.05) is 41.5 Å². The molecule has 0 aromatic heterocycles. The Bertz CT molecular complexity index is 373. The standard InChI is InChI=1S/C17H31NO2/c1-12(19)11-13(16(2,3)4)15(20)18-10-8-9-14(18)17(5,6)7/h13-14H,8-11H2,1-7H3. The Morgan fingerprint density at radius 3 is 2.10 bits per heavy atom. The van der Waals surface area contributed by atoms with Gasteiger partial charge in [0.25, 0.3) is 0 Å². The quantitative estimate of drug-likeness (QED) is 0.791. The van der Waals surface area contributed by atoms with Gasteiger partial charge < -0.3 is 9.69 Å². The van der Waals surface area contributed by atoms with E-state index in [9.17, 15) is 9.59 Å². The molecular formula is C17H31NO2. The first-order chi connectivity index (χ1) is 8.94. The van der Waals surface area contributed by atoms with Crippen LogP contribution in [0.15, 0.2) is 0 Å². The molecule has 3 heteroatoms. The molecule has 1 aliphatic rings. The molecule has 0 aliphatic carbocycles. The van der Waals surface area contributed by atoms with E-state index in [0.29, 0.717) is 12.5 Å². The molecule has 0 radical (unpaired) electrons. The molecule has 0 aromatic rings. The zero-order valence-corrected chi connectivity index (χ0v) is 14.2. The monoisotopic (exact) mass is 281 g/mol. The van der Waals surface area contributed by atoms with Gasteiger partial charge in [0.2, 0.25) is 5.91 Å². The van der Waals surface area contributed by atoms with Crippen LogP contribution in [0, 0.1) is 16.7 Å². The van der Waals surface area contributed by atoms with Crippen LogP contribution >= 0.6 is 0 Å². The minimum atomic E-state index is -0.206. The maximum Gasteiger partial charge on any atom is 0.226 e. The van der Waals surface area contributed by atoms with Crippen molar-refractivity contribution in [2.75, 3.05) is 6.54 Å². The molecule has 0 N–H and O–H groups in total. The summed E-state index contributed by atoms with van der Waals surface area (Å²) in [5.74, 6) is 0.0675. The second-order valence-corrected chi connectivity index (χ2v) is 8.38. The van der Waals surface area contributed by atoms with Crippen molar-refractivity contribution in [3.05, 3.63) is 0 Å². The summed E-state index contributed by atoms with van der Waals surface area (Å²) in [5.41, 5.74) is -0.0708. The SMILES string of the molecule is CC(=O)CC(C(=O)N1CCCC1C(C)(C)C)C(C)(C)C. The molecule has 1 rings (SSSR count). The number of hydrogen-bond acceptors (Lipinski definition) is 2. The lowest BCUT2D eigenvalue weighted by Crippen LogP contribution is -2.48. The number of carbonyl (C=O) groups is 2. The normalized spacial score (nSPS) is 21.9. The second kappa shape index (κ2) is 5.87. The lowest BCUT2D eigenvalue weighted by molar-refractivity contribution is -0.144. The summed E-state index contributed by atoms with van der Waals surface area (Å²) in [5, 5.41) is 0. The maximum atomic E-state index is 13.0. The third-order valence-corrected chi connectivity index (χ3v) is 4.37. The Kier molecular flexibility index (Phi) is 5.04. The van der Waals surface area contributed by atoms with Gasteiger partial charge in [0.05, 0.1) is 0 Å². The first kappa shape index (κ1) is 17.2. The summed E-state index contributed by atoms with van der Waals surface area (Å²) >= 11 is 0. The molecule has 20 heavy (non-hydrogen) atoms. The fraction of sp³-hybridized carbons (Fsp3) is 0.882. The summed E-state index contributed by atoms with van der Waals surface area (Å²) in [6.07, 6.45) is 2.51. The first-order valence-corrected chi connectivity index (χ1v) is 7.74. The number of amides is 1. The molecule has 2 atom stereocenters. The van der Waals surface area contributed by atoms with E-state index in [1.165, 1.54) is 0 Å². The molecule has 116 valence electrons. The smallest absolute Gasteiger partial charge is 0.226 e. The molecule has 1 aliphatic heterocycles.